The number of methoxy groups -OCH3 is 2. The SMILES string of the molecule is C=C(C)[C@@H]1CC(=O)[C@@]2(C)O[C@H]2C1.COC(C)(OO)[C@@H]1CC(=O)[C@@]2(C)OC2C1.COC(C)(OO)[C@@H]1CC(=O)[C@@]2(C)OC2C1.[Ac]. The molecule has 3 saturated heterocycles. The Hall–Kier alpha value is -0.168. The van der Waals surface area contributed by atoms with E-state index in [1.54, 1.807) is 27.7 Å². The Morgan fingerprint density at radius 3 is 1.33 bits per heavy atom. The average Bonchev–Trinajstić information content (AvgIpc) is 3.90. The van der Waals surface area contributed by atoms with E-state index in [0.29, 0.717) is 38.0 Å². The van der Waals surface area contributed by atoms with E-state index in [4.69, 9.17) is 34.2 Å². The first-order valence-corrected chi connectivity index (χ1v) is 14.5. The second kappa shape index (κ2) is 13.1. The molecule has 0 aromatic rings. The topological polar surface area (TPSA) is 166 Å². The molecule has 11 atom stereocenters. The smallest absolute Gasteiger partial charge is 0.201 e. The number of fused-ring (bicyclic) bond motifs is 3. The quantitative estimate of drug-likeness (QED) is 0.126. The number of hydrogen-bond acceptors (Lipinski definition) is 12. The van der Waals surface area contributed by atoms with E-state index < -0.39 is 28.4 Å². The minimum Gasteiger partial charge on any atom is -0.358 e. The van der Waals surface area contributed by atoms with Crippen molar-refractivity contribution in [3.63, 3.8) is 0 Å². The number of carbonyl (C=O) groups is 3. The maximum absolute atomic E-state index is 11.7. The summed E-state index contributed by atoms with van der Waals surface area (Å²) in [6, 6.07) is 0. The van der Waals surface area contributed by atoms with Crippen LogP contribution >= 0.6 is 0 Å². The van der Waals surface area contributed by atoms with Gasteiger partial charge in [-0.1, -0.05) is 12.2 Å². The van der Waals surface area contributed by atoms with Crippen LogP contribution in [0.2, 0.25) is 0 Å². The summed E-state index contributed by atoms with van der Waals surface area (Å²) >= 11 is 0. The summed E-state index contributed by atoms with van der Waals surface area (Å²) in [6.45, 7) is 14.6. The molecular formula is C30H46AcO12. The number of allylic oxidation sites excluding steroid dienone is 1. The zero-order valence-corrected chi connectivity index (χ0v) is 31.2. The third kappa shape index (κ3) is 7.08. The van der Waals surface area contributed by atoms with Crippen LogP contribution in [0, 0.1) is 61.8 Å². The van der Waals surface area contributed by atoms with Crippen molar-refractivity contribution < 1.29 is 102 Å². The molecule has 0 spiro atoms. The molecule has 6 aliphatic rings. The fourth-order valence-electron chi connectivity index (χ4n) is 6.38. The average molecular weight is 826 g/mol. The maximum atomic E-state index is 11.7. The molecule has 3 saturated carbocycles. The van der Waals surface area contributed by atoms with Crippen LogP contribution < -0.4 is 0 Å². The zero-order chi connectivity index (χ0) is 31.5. The van der Waals surface area contributed by atoms with Crippen molar-refractivity contribution in [3.8, 4) is 0 Å². The van der Waals surface area contributed by atoms with Gasteiger partial charge in [0.1, 0.15) is 16.8 Å². The van der Waals surface area contributed by atoms with Gasteiger partial charge in [0.15, 0.2) is 17.3 Å². The van der Waals surface area contributed by atoms with Gasteiger partial charge in [0.05, 0.1) is 18.3 Å². The number of rotatable bonds is 7. The molecule has 0 aromatic heterocycles. The number of ether oxygens (including phenoxy) is 5. The van der Waals surface area contributed by atoms with E-state index in [-0.39, 0.29) is 91.6 Å². The van der Waals surface area contributed by atoms with Gasteiger partial charge >= 0.3 is 0 Å². The van der Waals surface area contributed by atoms with Crippen LogP contribution in [0.1, 0.15) is 80.1 Å². The molecule has 6 fully saturated rings. The molecule has 0 bridgehead atoms. The van der Waals surface area contributed by atoms with Gasteiger partial charge in [-0.2, -0.15) is 0 Å². The number of hydrogen-bond donors (Lipinski definition) is 2. The largest absolute Gasteiger partial charge is 0.358 e. The van der Waals surface area contributed by atoms with Gasteiger partial charge in [-0.05, 0) is 66.7 Å². The predicted molar refractivity (Wildman–Crippen MR) is 146 cm³/mol. The summed E-state index contributed by atoms with van der Waals surface area (Å²) in [5, 5.41) is 17.6. The van der Waals surface area contributed by atoms with Crippen molar-refractivity contribution in [1.29, 1.82) is 0 Å². The number of Topliss-reactive ketones (excluding diaryl/α,β-unsaturated/α-hetero) is 3. The van der Waals surface area contributed by atoms with Crippen molar-refractivity contribution in [2.24, 2.45) is 17.8 Å². The van der Waals surface area contributed by atoms with Crippen molar-refractivity contribution in [3.05, 3.63) is 12.2 Å². The van der Waals surface area contributed by atoms with Crippen LogP contribution in [0.15, 0.2) is 12.2 Å². The molecule has 13 heteroatoms. The Morgan fingerprint density at radius 2 is 1.07 bits per heavy atom. The van der Waals surface area contributed by atoms with E-state index in [9.17, 15) is 14.4 Å². The third-order valence-corrected chi connectivity index (χ3v) is 10.6. The number of ketones is 3. The summed E-state index contributed by atoms with van der Waals surface area (Å²) in [5.41, 5.74) is -0.464. The standard InChI is InChI=1S/2C10H16O5.C10H14O2.Ac/c2*1-9-7(11)4-6(5-8(9)14-9)10(2,13-3)15-12;1-6(2)7-4-8(11)10(3)9(5-7)12-10;/h2*6,8,12H,4-5H2,1-3H3;7,9H,1,4-5H2,2-3H3;/t2*6-,8?,9-,10?;7-,9+,10-;/m111./s1. The molecule has 3 aliphatic heterocycles. The summed E-state index contributed by atoms with van der Waals surface area (Å²) in [7, 11) is 2.89. The van der Waals surface area contributed by atoms with Gasteiger partial charge in [-0.3, -0.25) is 14.4 Å². The fraction of sp³-hybridized carbons (Fsp3) is 0.833. The normalized spacial score (nSPS) is 42.9. The van der Waals surface area contributed by atoms with E-state index in [1.165, 1.54) is 14.2 Å². The fourth-order valence-corrected chi connectivity index (χ4v) is 6.38. The molecule has 12 nitrogen and oxygen atoms in total. The Morgan fingerprint density at radius 1 is 0.744 bits per heavy atom. The first-order chi connectivity index (χ1) is 19.5. The molecule has 241 valence electrons. The molecule has 43 heavy (non-hydrogen) atoms. The van der Waals surface area contributed by atoms with Crippen molar-refractivity contribution in [2.45, 2.75) is 127 Å². The third-order valence-electron chi connectivity index (χ3n) is 10.6. The van der Waals surface area contributed by atoms with Gasteiger partial charge in [0, 0.05) is 89.4 Å². The molecule has 4 unspecified atom stereocenters. The molecule has 0 aromatic carbocycles. The Labute approximate surface area is 288 Å². The monoisotopic (exact) mass is 825 g/mol. The van der Waals surface area contributed by atoms with Gasteiger partial charge in [-0.15, -0.1) is 0 Å². The van der Waals surface area contributed by atoms with Crippen LogP contribution in [0.25, 0.3) is 0 Å². The van der Waals surface area contributed by atoms with Crippen molar-refractivity contribution >= 4 is 17.3 Å². The molecule has 0 amide bonds. The van der Waals surface area contributed by atoms with E-state index in [1.807, 2.05) is 13.8 Å². The minimum absolute atomic E-state index is 0. The van der Waals surface area contributed by atoms with Crippen LogP contribution in [0.5, 0.6) is 0 Å². The summed E-state index contributed by atoms with van der Waals surface area (Å²) in [4.78, 5) is 43.7. The number of epoxide rings is 3. The van der Waals surface area contributed by atoms with Gasteiger partial charge in [0.25, 0.3) is 0 Å². The van der Waals surface area contributed by atoms with Crippen LogP contribution in [-0.4, -0.2) is 88.8 Å². The Balaban J connectivity index is 0.000000176. The minimum atomic E-state index is -1.12. The number of carbonyl (C=O) groups excluding carboxylic acids is 3. The van der Waals surface area contributed by atoms with Crippen LogP contribution in [0.3, 0.4) is 0 Å². The summed E-state index contributed by atoms with van der Waals surface area (Å²) in [6.07, 6.45) is 3.68. The molecule has 3 aliphatic carbocycles. The molecule has 2 N–H and O–H groups in total. The molecule has 1 radical (unpaired) electrons. The van der Waals surface area contributed by atoms with Gasteiger partial charge in [0.2, 0.25) is 11.6 Å². The molecule has 3 heterocycles. The first-order valence-electron chi connectivity index (χ1n) is 14.5. The van der Waals surface area contributed by atoms with E-state index >= 15 is 0 Å². The van der Waals surface area contributed by atoms with E-state index in [0.717, 1.165) is 12.0 Å². The van der Waals surface area contributed by atoms with Crippen LogP contribution in [-0.2, 0) is 47.8 Å². The Kier molecular flexibility index (Phi) is 11.4. The van der Waals surface area contributed by atoms with Gasteiger partial charge in [-0.25, -0.2) is 20.3 Å². The second-order valence-electron chi connectivity index (χ2n) is 13.3. The summed E-state index contributed by atoms with van der Waals surface area (Å²) < 4.78 is 26.3. The van der Waals surface area contributed by atoms with Crippen molar-refractivity contribution in [1.82, 2.24) is 0 Å². The van der Waals surface area contributed by atoms with E-state index in [2.05, 4.69) is 16.4 Å². The molecule has 6 rings (SSSR count). The first kappa shape index (κ1) is 37.3. The van der Waals surface area contributed by atoms with Gasteiger partial charge < -0.3 is 23.7 Å². The predicted octanol–water partition coefficient (Wildman–Crippen LogP) is 3.65. The van der Waals surface area contributed by atoms with Crippen molar-refractivity contribution in [2.75, 3.05) is 14.2 Å². The second-order valence-corrected chi connectivity index (χ2v) is 13.3. The maximum Gasteiger partial charge on any atom is 0.201 e. The summed E-state index contributed by atoms with van der Waals surface area (Å²) in [5.74, 6) is -1.84. The van der Waals surface area contributed by atoms with Crippen LogP contribution in [0.4, 0.5) is 0 Å². The molecular weight excluding hydrogens is 779 g/mol. The zero-order valence-electron chi connectivity index (χ0n) is 26.5. The Bertz CT molecular complexity index is 1050.